The molecule has 0 saturated heterocycles. The fraction of sp³-hybridized carbons (Fsp3) is 0.263. The summed E-state index contributed by atoms with van der Waals surface area (Å²) < 4.78 is 42.9. The zero-order valence-corrected chi connectivity index (χ0v) is 14.9. The van der Waals surface area contributed by atoms with E-state index in [2.05, 4.69) is 10.6 Å². The molecule has 0 fully saturated rings. The number of amides is 2. The van der Waals surface area contributed by atoms with Gasteiger partial charge in [0.1, 0.15) is 5.75 Å². The largest absolute Gasteiger partial charge is 0.494 e. The lowest BCUT2D eigenvalue weighted by Crippen LogP contribution is -2.37. The van der Waals surface area contributed by atoms with Crippen LogP contribution in [-0.2, 0) is 15.8 Å². The minimum Gasteiger partial charge on any atom is -0.494 e. The SMILES string of the molecule is CCOc1ccc(NC(=O)C(=O)NC[C@@H](O)c2ccc(C(F)(F)F)cc2)cc1. The van der Waals surface area contributed by atoms with Crippen LogP contribution in [-0.4, -0.2) is 30.1 Å². The number of anilines is 1. The van der Waals surface area contributed by atoms with Crippen LogP contribution in [0.4, 0.5) is 18.9 Å². The molecule has 3 N–H and O–H groups in total. The third kappa shape index (κ3) is 5.98. The summed E-state index contributed by atoms with van der Waals surface area (Å²) in [4.78, 5) is 23.7. The number of benzene rings is 2. The van der Waals surface area contributed by atoms with Crippen LogP contribution in [0.2, 0.25) is 0 Å². The van der Waals surface area contributed by atoms with E-state index in [0.29, 0.717) is 18.0 Å². The first-order valence-corrected chi connectivity index (χ1v) is 8.38. The van der Waals surface area contributed by atoms with E-state index in [0.717, 1.165) is 24.3 Å². The fourth-order valence-electron chi connectivity index (χ4n) is 2.27. The highest BCUT2D eigenvalue weighted by molar-refractivity contribution is 6.39. The Morgan fingerprint density at radius 2 is 1.64 bits per heavy atom. The quantitative estimate of drug-likeness (QED) is 0.656. The number of rotatable bonds is 6. The van der Waals surface area contributed by atoms with Crippen molar-refractivity contribution in [2.24, 2.45) is 0 Å². The summed E-state index contributed by atoms with van der Waals surface area (Å²) in [5.74, 6) is -1.31. The van der Waals surface area contributed by atoms with Crippen LogP contribution in [0, 0.1) is 0 Å². The van der Waals surface area contributed by atoms with Crippen LogP contribution in [0.3, 0.4) is 0 Å². The minimum absolute atomic E-state index is 0.181. The van der Waals surface area contributed by atoms with E-state index in [1.807, 2.05) is 6.92 Å². The highest BCUT2D eigenvalue weighted by Gasteiger charge is 2.30. The average Bonchev–Trinajstić information content (AvgIpc) is 2.67. The van der Waals surface area contributed by atoms with Crippen molar-refractivity contribution in [1.82, 2.24) is 5.32 Å². The van der Waals surface area contributed by atoms with Gasteiger partial charge in [-0.2, -0.15) is 13.2 Å². The molecule has 0 aliphatic carbocycles. The van der Waals surface area contributed by atoms with Gasteiger partial charge in [0.15, 0.2) is 0 Å². The maximum absolute atomic E-state index is 12.5. The maximum Gasteiger partial charge on any atom is 0.416 e. The molecule has 28 heavy (non-hydrogen) atoms. The van der Waals surface area contributed by atoms with Crippen LogP contribution in [0.25, 0.3) is 0 Å². The lowest BCUT2D eigenvalue weighted by Gasteiger charge is -2.13. The van der Waals surface area contributed by atoms with Crippen molar-refractivity contribution in [3.8, 4) is 5.75 Å². The molecule has 2 aromatic carbocycles. The van der Waals surface area contributed by atoms with Gasteiger partial charge in [0, 0.05) is 12.2 Å². The van der Waals surface area contributed by atoms with Crippen molar-refractivity contribution in [2.75, 3.05) is 18.5 Å². The van der Waals surface area contributed by atoms with Gasteiger partial charge in [-0.05, 0) is 48.9 Å². The molecule has 0 saturated carbocycles. The molecule has 0 spiro atoms. The molecule has 150 valence electrons. The number of hydrogen-bond acceptors (Lipinski definition) is 4. The second-order valence-corrected chi connectivity index (χ2v) is 5.76. The zero-order chi connectivity index (χ0) is 20.7. The molecule has 0 aliphatic heterocycles. The molecule has 2 aromatic rings. The van der Waals surface area contributed by atoms with Crippen LogP contribution in [0.15, 0.2) is 48.5 Å². The second kappa shape index (κ2) is 9.23. The third-order valence-electron chi connectivity index (χ3n) is 3.71. The normalized spacial score (nSPS) is 12.2. The summed E-state index contributed by atoms with van der Waals surface area (Å²) in [5, 5.41) is 14.6. The Morgan fingerprint density at radius 3 is 2.18 bits per heavy atom. The number of aliphatic hydroxyl groups is 1. The van der Waals surface area contributed by atoms with E-state index in [1.165, 1.54) is 0 Å². The number of carbonyl (C=O) groups excluding carboxylic acids is 2. The molecule has 0 unspecified atom stereocenters. The Kier molecular flexibility index (Phi) is 7.00. The summed E-state index contributed by atoms with van der Waals surface area (Å²) in [6, 6.07) is 10.3. The Hall–Kier alpha value is -3.07. The molecule has 6 nitrogen and oxygen atoms in total. The number of aliphatic hydroxyl groups excluding tert-OH is 1. The molecular formula is C19H19F3N2O4. The highest BCUT2D eigenvalue weighted by atomic mass is 19.4. The van der Waals surface area contributed by atoms with Gasteiger partial charge in [-0.15, -0.1) is 0 Å². The summed E-state index contributed by atoms with van der Waals surface area (Å²) in [5.41, 5.74) is -0.283. The van der Waals surface area contributed by atoms with E-state index in [1.54, 1.807) is 24.3 Å². The molecular weight excluding hydrogens is 377 g/mol. The predicted octanol–water partition coefficient (Wildman–Crippen LogP) is 2.89. The van der Waals surface area contributed by atoms with Gasteiger partial charge in [-0.3, -0.25) is 9.59 Å². The van der Waals surface area contributed by atoms with E-state index < -0.39 is 29.7 Å². The van der Waals surface area contributed by atoms with E-state index in [4.69, 9.17) is 4.74 Å². The molecule has 0 aromatic heterocycles. The zero-order valence-electron chi connectivity index (χ0n) is 14.9. The lowest BCUT2D eigenvalue weighted by atomic mass is 10.1. The third-order valence-corrected chi connectivity index (χ3v) is 3.71. The number of hydrogen-bond donors (Lipinski definition) is 3. The summed E-state index contributed by atoms with van der Waals surface area (Å²) in [7, 11) is 0. The molecule has 0 bridgehead atoms. The first-order valence-electron chi connectivity index (χ1n) is 8.38. The number of alkyl halides is 3. The van der Waals surface area contributed by atoms with Gasteiger partial charge in [-0.25, -0.2) is 0 Å². The fourth-order valence-corrected chi connectivity index (χ4v) is 2.27. The van der Waals surface area contributed by atoms with Gasteiger partial charge >= 0.3 is 18.0 Å². The Morgan fingerprint density at radius 1 is 1.04 bits per heavy atom. The second-order valence-electron chi connectivity index (χ2n) is 5.76. The van der Waals surface area contributed by atoms with Crippen LogP contribution < -0.4 is 15.4 Å². The van der Waals surface area contributed by atoms with Crippen molar-refractivity contribution >= 4 is 17.5 Å². The molecule has 2 amide bonds. The van der Waals surface area contributed by atoms with Crippen LogP contribution >= 0.6 is 0 Å². The van der Waals surface area contributed by atoms with Crippen LogP contribution in [0.1, 0.15) is 24.2 Å². The van der Waals surface area contributed by atoms with Crippen molar-refractivity contribution in [3.05, 3.63) is 59.7 Å². The van der Waals surface area contributed by atoms with E-state index >= 15 is 0 Å². The first-order chi connectivity index (χ1) is 13.2. The van der Waals surface area contributed by atoms with Crippen molar-refractivity contribution in [2.45, 2.75) is 19.2 Å². The van der Waals surface area contributed by atoms with Gasteiger partial charge in [0.2, 0.25) is 0 Å². The average molecular weight is 396 g/mol. The first kappa shape index (κ1) is 21.2. The van der Waals surface area contributed by atoms with Crippen LogP contribution in [0.5, 0.6) is 5.75 Å². The maximum atomic E-state index is 12.5. The van der Waals surface area contributed by atoms with Gasteiger partial charge in [-0.1, -0.05) is 12.1 Å². The summed E-state index contributed by atoms with van der Waals surface area (Å²) in [6.45, 7) is 2.00. The molecule has 0 aliphatic rings. The smallest absolute Gasteiger partial charge is 0.416 e. The van der Waals surface area contributed by atoms with Crippen molar-refractivity contribution in [1.29, 1.82) is 0 Å². The molecule has 0 heterocycles. The summed E-state index contributed by atoms with van der Waals surface area (Å²) in [6.07, 6.45) is -5.74. The lowest BCUT2D eigenvalue weighted by molar-refractivity contribution is -0.137. The van der Waals surface area contributed by atoms with E-state index in [9.17, 15) is 27.9 Å². The number of halogens is 3. The standard InChI is InChI=1S/C19H19F3N2O4/c1-2-28-15-9-7-14(8-10-15)24-18(27)17(26)23-11-16(25)12-3-5-13(6-4-12)19(20,21)22/h3-10,16,25H,2,11H2,1H3,(H,23,26)(H,24,27)/t16-/m1/s1. The Balaban J connectivity index is 1.85. The number of ether oxygens (including phenoxy) is 1. The molecule has 2 rings (SSSR count). The topological polar surface area (TPSA) is 87.7 Å². The molecule has 9 heteroatoms. The molecule has 1 atom stereocenters. The minimum atomic E-state index is -4.48. The summed E-state index contributed by atoms with van der Waals surface area (Å²) >= 11 is 0. The van der Waals surface area contributed by atoms with E-state index in [-0.39, 0.29) is 12.1 Å². The highest BCUT2D eigenvalue weighted by Crippen LogP contribution is 2.29. The predicted molar refractivity (Wildman–Crippen MR) is 95.7 cm³/mol. The van der Waals surface area contributed by atoms with Crippen molar-refractivity contribution in [3.63, 3.8) is 0 Å². The van der Waals surface area contributed by atoms with Crippen molar-refractivity contribution < 1.29 is 32.6 Å². The van der Waals surface area contributed by atoms with Gasteiger partial charge in [0.25, 0.3) is 0 Å². The monoisotopic (exact) mass is 396 g/mol. The number of nitrogens with one attached hydrogen (secondary N) is 2. The number of carbonyl (C=O) groups is 2. The van der Waals surface area contributed by atoms with Gasteiger partial charge in [0.05, 0.1) is 18.3 Å². The van der Waals surface area contributed by atoms with Gasteiger partial charge < -0.3 is 20.5 Å². The Labute approximate surface area is 159 Å². The molecule has 0 radical (unpaired) electrons. The Bertz CT molecular complexity index is 805.